The SMILES string of the molecule is CCn1nc(CNc2cc(C3CCOC3)nc(COC)n2)c2ccccc21. The summed E-state index contributed by atoms with van der Waals surface area (Å²) in [5, 5.41) is 9.35. The summed E-state index contributed by atoms with van der Waals surface area (Å²) in [6, 6.07) is 10.3. The van der Waals surface area contributed by atoms with E-state index in [1.165, 1.54) is 5.39 Å². The summed E-state index contributed by atoms with van der Waals surface area (Å²) < 4.78 is 12.8. The molecule has 27 heavy (non-hydrogen) atoms. The fourth-order valence-electron chi connectivity index (χ4n) is 3.52. The number of hydrogen-bond acceptors (Lipinski definition) is 6. The van der Waals surface area contributed by atoms with Crippen LogP contribution in [-0.2, 0) is 29.2 Å². The van der Waals surface area contributed by atoms with Crippen LogP contribution >= 0.6 is 0 Å². The molecule has 1 N–H and O–H groups in total. The zero-order chi connectivity index (χ0) is 18.6. The standard InChI is InChI=1S/C20H25N5O2/c1-3-25-18-7-5-4-6-15(18)17(24-25)11-21-19-10-16(14-8-9-27-12-14)22-20(23-19)13-26-2/h4-7,10,14H,3,8-9,11-13H2,1-2H3,(H,21,22,23). The van der Waals surface area contributed by atoms with Gasteiger partial charge in [-0.05, 0) is 19.4 Å². The summed E-state index contributed by atoms with van der Waals surface area (Å²) in [6.45, 7) is 5.46. The molecule has 2 aromatic heterocycles. The first kappa shape index (κ1) is 17.9. The van der Waals surface area contributed by atoms with Gasteiger partial charge in [0.05, 0.1) is 30.1 Å². The number of nitrogens with zero attached hydrogens (tertiary/aromatic N) is 4. The molecule has 1 aliphatic heterocycles. The fourth-order valence-corrected chi connectivity index (χ4v) is 3.52. The number of ether oxygens (including phenoxy) is 2. The second-order valence-corrected chi connectivity index (χ2v) is 6.72. The second-order valence-electron chi connectivity index (χ2n) is 6.72. The molecule has 1 saturated heterocycles. The topological polar surface area (TPSA) is 74.1 Å². The van der Waals surface area contributed by atoms with Crippen LogP contribution in [0.4, 0.5) is 5.82 Å². The maximum atomic E-state index is 5.52. The Kier molecular flexibility index (Phi) is 5.31. The van der Waals surface area contributed by atoms with Crippen molar-refractivity contribution in [3.63, 3.8) is 0 Å². The lowest BCUT2D eigenvalue weighted by Gasteiger charge is -2.12. The third-order valence-electron chi connectivity index (χ3n) is 4.88. The molecule has 142 valence electrons. The van der Waals surface area contributed by atoms with Crippen molar-refractivity contribution < 1.29 is 9.47 Å². The Balaban J connectivity index is 1.59. The molecule has 0 bridgehead atoms. The van der Waals surface area contributed by atoms with E-state index in [1.807, 2.05) is 22.9 Å². The molecule has 1 unspecified atom stereocenters. The minimum Gasteiger partial charge on any atom is -0.381 e. The molecule has 1 aliphatic rings. The van der Waals surface area contributed by atoms with Gasteiger partial charge < -0.3 is 14.8 Å². The van der Waals surface area contributed by atoms with Gasteiger partial charge in [-0.1, -0.05) is 18.2 Å². The first-order valence-electron chi connectivity index (χ1n) is 9.41. The highest BCUT2D eigenvalue weighted by Crippen LogP contribution is 2.26. The minimum absolute atomic E-state index is 0.323. The van der Waals surface area contributed by atoms with Crippen molar-refractivity contribution in [1.29, 1.82) is 0 Å². The Hall–Kier alpha value is -2.51. The summed E-state index contributed by atoms with van der Waals surface area (Å²) in [5.74, 6) is 1.81. The average Bonchev–Trinajstić information content (AvgIpc) is 3.35. The summed E-state index contributed by atoms with van der Waals surface area (Å²) in [7, 11) is 1.66. The van der Waals surface area contributed by atoms with E-state index < -0.39 is 0 Å². The van der Waals surface area contributed by atoms with Gasteiger partial charge in [0.15, 0.2) is 5.82 Å². The molecule has 0 amide bonds. The van der Waals surface area contributed by atoms with Gasteiger partial charge in [-0.25, -0.2) is 9.97 Å². The van der Waals surface area contributed by atoms with Crippen LogP contribution in [0.15, 0.2) is 30.3 Å². The van der Waals surface area contributed by atoms with Gasteiger partial charge in [0, 0.05) is 37.6 Å². The van der Waals surface area contributed by atoms with Crippen molar-refractivity contribution in [1.82, 2.24) is 19.7 Å². The van der Waals surface area contributed by atoms with Crippen molar-refractivity contribution in [3.05, 3.63) is 47.5 Å². The van der Waals surface area contributed by atoms with Crippen molar-refractivity contribution in [2.24, 2.45) is 0 Å². The monoisotopic (exact) mass is 367 g/mol. The van der Waals surface area contributed by atoms with Crippen LogP contribution in [0.3, 0.4) is 0 Å². The number of benzene rings is 1. The van der Waals surface area contributed by atoms with E-state index in [4.69, 9.17) is 14.6 Å². The van der Waals surface area contributed by atoms with E-state index in [0.29, 0.717) is 31.5 Å². The predicted molar refractivity (Wildman–Crippen MR) is 104 cm³/mol. The number of anilines is 1. The van der Waals surface area contributed by atoms with Crippen LogP contribution in [0, 0.1) is 0 Å². The van der Waals surface area contributed by atoms with Crippen molar-refractivity contribution in [2.45, 2.75) is 39.0 Å². The highest BCUT2D eigenvalue weighted by molar-refractivity contribution is 5.82. The molecule has 7 nitrogen and oxygen atoms in total. The van der Waals surface area contributed by atoms with Gasteiger partial charge in [-0.3, -0.25) is 4.68 Å². The highest BCUT2D eigenvalue weighted by Gasteiger charge is 2.21. The number of fused-ring (bicyclic) bond motifs is 1. The first-order chi connectivity index (χ1) is 13.3. The van der Waals surface area contributed by atoms with Gasteiger partial charge in [0.1, 0.15) is 12.4 Å². The van der Waals surface area contributed by atoms with Gasteiger partial charge in [0.2, 0.25) is 0 Å². The van der Waals surface area contributed by atoms with Gasteiger partial charge in [-0.2, -0.15) is 5.10 Å². The Morgan fingerprint density at radius 1 is 1.30 bits per heavy atom. The summed E-state index contributed by atoms with van der Waals surface area (Å²) in [6.07, 6.45) is 0.994. The molecule has 1 atom stereocenters. The largest absolute Gasteiger partial charge is 0.381 e. The van der Waals surface area contributed by atoms with E-state index in [0.717, 1.165) is 42.3 Å². The Labute approximate surface area is 158 Å². The van der Waals surface area contributed by atoms with E-state index >= 15 is 0 Å². The van der Waals surface area contributed by atoms with Gasteiger partial charge >= 0.3 is 0 Å². The number of methoxy groups -OCH3 is 1. The Morgan fingerprint density at radius 3 is 2.96 bits per heavy atom. The zero-order valence-corrected chi connectivity index (χ0v) is 15.8. The van der Waals surface area contributed by atoms with E-state index in [9.17, 15) is 0 Å². The normalized spacial score (nSPS) is 16.9. The lowest BCUT2D eigenvalue weighted by atomic mass is 10.0. The lowest BCUT2D eigenvalue weighted by Crippen LogP contribution is -2.10. The third kappa shape index (κ3) is 3.79. The first-order valence-corrected chi connectivity index (χ1v) is 9.41. The van der Waals surface area contributed by atoms with Crippen molar-refractivity contribution >= 4 is 16.7 Å². The molecule has 0 radical (unpaired) electrons. The predicted octanol–water partition coefficient (Wildman–Crippen LogP) is 3.11. The number of aryl methyl sites for hydroxylation is 1. The molecular weight excluding hydrogens is 342 g/mol. The van der Waals surface area contributed by atoms with Gasteiger partial charge in [0.25, 0.3) is 0 Å². The summed E-state index contributed by atoms with van der Waals surface area (Å²) >= 11 is 0. The fraction of sp³-hybridized carbons (Fsp3) is 0.450. The molecule has 1 fully saturated rings. The maximum absolute atomic E-state index is 5.52. The van der Waals surface area contributed by atoms with Crippen LogP contribution in [-0.4, -0.2) is 40.1 Å². The third-order valence-corrected chi connectivity index (χ3v) is 4.88. The molecule has 1 aromatic carbocycles. The van der Waals surface area contributed by atoms with Crippen molar-refractivity contribution in [2.75, 3.05) is 25.6 Å². The smallest absolute Gasteiger partial charge is 0.156 e. The zero-order valence-electron chi connectivity index (χ0n) is 15.8. The maximum Gasteiger partial charge on any atom is 0.156 e. The second kappa shape index (κ2) is 8.02. The minimum atomic E-state index is 0.323. The summed E-state index contributed by atoms with van der Waals surface area (Å²) in [5.41, 5.74) is 3.19. The number of para-hydroxylation sites is 1. The van der Waals surface area contributed by atoms with Crippen LogP contribution in [0.2, 0.25) is 0 Å². The number of hydrogen-bond donors (Lipinski definition) is 1. The number of aromatic nitrogens is 4. The molecule has 7 heteroatoms. The van der Waals surface area contributed by atoms with Crippen LogP contribution in [0.5, 0.6) is 0 Å². The molecule has 4 rings (SSSR count). The Bertz CT molecular complexity index is 918. The summed E-state index contributed by atoms with van der Waals surface area (Å²) in [4.78, 5) is 9.25. The lowest BCUT2D eigenvalue weighted by molar-refractivity contribution is 0.177. The highest BCUT2D eigenvalue weighted by atomic mass is 16.5. The molecule has 3 heterocycles. The molecular formula is C20H25N5O2. The molecule has 0 aliphatic carbocycles. The molecule has 0 saturated carbocycles. The Morgan fingerprint density at radius 2 is 2.19 bits per heavy atom. The molecule has 0 spiro atoms. The number of rotatable bonds is 7. The van der Waals surface area contributed by atoms with E-state index in [2.05, 4.69) is 34.3 Å². The van der Waals surface area contributed by atoms with Crippen molar-refractivity contribution in [3.8, 4) is 0 Å². The quantitative estimate of drug-likeness (QED) is 0.692. The van der Waals surface area contributed by atoms with Crippen LogP contribution < -0.4 is 5.32 Å². The van der Waals surface area contributed by atoms with E-state index in [-0.39, 0.29) is 0 Å². The van der Waals surface area contributed by atoms with Crippen LogP contribution in [0.25, 0.3) is 10.9 Å². The van der Waals surface area contributed by atoms with Crippen LogP contribution in [0.1, 0.15) is 36.5 Å². The molecule has 3 aromatic rings. The number of nitrogens with one attached hydrogen (secondary N) is 1. The van der Waals surface area contributed by atoms with Gasteiger partial charge in [-0.15, -0.1) is 0 Å². The average molecular weight is 367 g/mol. The van der Waals surface area contributed by atoms with E-state index in [1.54, 1.807) is 7.11 Å².